The van der Waals surface area contributed by atoms with E-state index in [0.717, 1.165) is 19.3 Å². The fourth-order valence-corrected chi connectivity index (χ4v) is 3.80. The van der Waals surface area contributed by atoms with Crippen LogP contribution in [0.4, 0.5) is 0 Å². The second-order valence-electron chi connectivity index (χ2n) is 5.68. The van der Waals surface area contributed by atoms with Crippen molar-refractivity contribution in [3.05, 3.63) is 18.0 Å². The first-order chi connectivity index (χ1) is 10.5. The summed E-state index contributed by atoms with van der Waals surface area (Å²) in [6.07, 6.45) is 2.83. The van der Waals surface area contributed by atoms with Gasteiger partial charge in [0.05, 0.1) is 0 Å². The van der Waals surface area contributed by atoms with Crippen molar-refractivity contribution in [3.63, 3.8) is 0 Å². The first kappa shape index (κ1) is 15.2. The number of hydrogen-bond acceptors (Lipinski definition) is 6. The van der Waals surface area contributed by atoms with Gasteiger partial charge in [0, 0.05) is 19.0 Å². The Hall–Kier alpha value is -1.67. The van der Waals surface area contributed by atoms with E-state index in [1.807, 2.05) is 13.8 Å². The Labute approximate surface area is 129 Å². The molecular weight excluding hydrogens is 306 g/mol. The average Bonchev–Trinajstić information content (AvgIpc) is 3.17. The zero-order valence-corrected chi connectivity index (χ0v) is 13.5. The Morgan fingerprint density at radius 2 is 1.82 bits per heavy atom. The van der Waals surface area contributed by atoms with Gasteiger partial charge in [0.15, 0.2) is 5.76 Å². The fraction of sp³-hybridized carbons (Fsp3) is 0.571. The van der Waals surface area contributed by atoms with Gasteiger partial charge in [-0.2, -0.15) is 4.31 Å². The standard InChI is InChI=1S/C14H19N3O4S/c1-10(2)13-15-16-14(21-13)11-6-7-12(20-11)22(18,19)17-8-4-3-5-9-17/h6-7,10H,3-5,8-9H2,1-2H3. The molecule has 1 aliphatic rings. The molecule has 0 spiro atoms. The molecule has 22 heavy (non-hydrogen) atoms. The van der Waals surface area contributed by atoms with E-state index in [9.17, 15) is 8.42 Å². The molecule has 0 unspecified atom stereocenters. The second kappa shape index (κ2) is 5.85. The Balaban J connectivity index is 1.86. The highest BCUT2D eigenvalue weighted by molar-refractivity contribution is 7.89. The summed E-state index contributed by atoms with van der Waals surface area (Å²) >= 11 is 0. The molecule has 1 saturated heterocycles. The zero-order valence-electron chi connectivity index (χ0n) is 12.7. The molecule has 0 atom stereocenters. The van der Waals surface area contributed by atoms with Crippen LogP contribution in [0.15, 0.2) is 26.1 Å². The van der Waals surface area contributed by atoms with Gasteiger partial charge in [-0.25, -0.2) is 8.42 Å². The van der Waals surface area contributed by atoms with Crippen LogP contribution in [0.2, 0.25) is 0 Å². The maximum absolute atomic E-state index is 12.5. The molecule has 0 amide bonds. The summed E-state index contributed by atoms with van der Waals surface area (Å²) < 4.78 is 37.4. The molecule has 1 fully saturated rings. The third-order valence-electron chi connectivity index (χ3n) is 3.64. The van der Waals surface area contributed by atoms with Crippen molar-refractivity contribution in [1.82, 2.24) is 14.5 Å². The van der Waals surface area contributed by atoms with Crippen molar-refractivity contribution in [3.8, 4) is 11.7 Å². The summed E-state index contributed by atoms with van der Waals surface area (Å²) in [5.74, 6) is 1.07. The van der Waals surface area contributed by atoms with Gasteiger partial charge >= 0.3 is 0 Å². The minimum Gasteiger partial charge on any atom is -0.438 e. The van der Waals surface area contributed by atoms with Crippen LogP contribution in [0.3, 0.4) is 0 Å². The third-order valence-corrected chi connectivity index (χ3v) is 5.41. The Kier molecular flexibility index (Phi) is 4.05. The van der Waals surface area contributed by atoms with E-state index in [1.54, 1.807) is 6.07 Å². The van der Waals surface area contributed by atoms with E-state index in [2.05, 4.69) is 10.2 Å². The summed E-state index contributed by atoms with van der Waals surface area (Å²) in [5.41, 5.74) is 0. The highest BCUT2D eigenvalue weighted by Gasteiger charge is 2.29. The first-order valence-corrected chi connectivity index (χ1v) is 8.86. The zero-order chi connectivity index (χ0) is 15.7. The van der Waals surface area contributed by atoms with Gasteiger partial charge in [-0.05, 0) is 25.0 Å². The van der Waals surface area contributed by atoms with Crippen molar-refractivity contribution >= 4 is 10.0 Å². The predicted octanol–water partition coefficient (Wildman–Crippen LogP) is 2.63. The molecule has 2 aromatic rings. The first-order valence-electron chi connectivity index (χ1n) is 7.42. The number of rotatable bonds is 4. The number of hydrogen-bond donors (Lipinski definition) is 0. The van der Waals surface area contributed by atoms with Crippen molar-refractivity contribution in [2.75, 3.05) is 13.1 Å². The van der Waals surface area contributed by atoms with Crippen LogP contribution in [0.5, 0.6) is 0 Å². The Morgan fingerprint density at radius 3 is 2.45 bits per heavy atom. The van der Waals surface area contributed by atoms with Crippen LogP contribution in [0, 0.1) is 0 Å². The number of aromatic nitrogens is 2. The Morgan fingerprint density at radius 1 is 1.09 bits per heavy atom. The van der Waals surface area contributed by atoms with Crippen LogP contribution in [0.25, 0.3) is 11.7 Å². The largest absolute Gasteiger partial charge is 0.438 e. The molecule has 0 bridgehead atoms. The molecular formula is C14H19N3O4S. The molecule has 0 aliphatic carbocycles. The molecule has 2 aromatic heterocycles. The minimum atomic E-state index is -3.58. The summed E-state index contributed by atoms with van der Waals surface area (Å²) in [6.45, 7) is 4.95. The maximum Gasteiger partial charge on any atom is 0.283 e. The smallest absolute Gasteiger partial charge is 0.283 e. The molecule has 0 radical (unpaired) electrons. The third kappa shape index (κ3) is 2.80. The molecule has 8 heteroatoms. The second-order valence-corrected chi connectivity index (χ2v) is 7.55. The van der Waals surface area contributed by atoms with Gasteiger partial charge in [-0.15, -0.1) is 10.2 Å². The van der Waals surface area contributed by atoms with Crippen molar-refractivity contribution in [2.24, 2.45) is 0 Å². The fourth-order valence-electron chi connectivity index (χ4n) is 2.37. The van der Waals surface area contributed by atoms with Crippen LogP contribution in [-0.4, -0.2) is 36.0 Å². The van der Waals surface area contributed by atoms with Gasteiger partial charge < -0.3 is 8.83 Å². The van der Waals surface area contributed by atoms with Crippen LogP contribution < -0.4 is 0 Å². The van der Waals surface area contributed by atoms with E-state index >= 15 is 0 Å². The molecule has 7 nitrogen and oxygen atoms in total. The number of piperidine rings is 1. The molecule has 3 heterocycles. The SMILES string of the molecule is CC(C)c1nnc(-c2ccc(S(=O)(=O)N3CCCCC3)o2)o1. The van der Waals surface area contributed by atoms with Gasteiger partial charge in [0.1, 0.15) is 0 Å². The van der Waals surface area contributed by atoms with E-state index in [0.29, 0.717) is 19.0 Å². The number of furan rings is 1. The summed E-state index contributed by atoms with van der Waals surface area (Å²) in [5, 5.41) is 7.74. The minimum absolute atomic E-state index is 0.0753. The van der Waals surface area contributed by atoms with E-state index < -0.39 is 10.0 Å². The van der Waals surface area contributed by atoms with E-state index in [-0.39, 0.29) is 22.7 Å². The van der Waals surface area contributed by atoms with Crippen molar-refractivity contribution < 1.29 is 17.3 Å². The van der Waals surface area contributed by atoms with Crippen LogP contribution in [-0.2, 0) is 10.0 Å². The van der Waals surface area contributed by atoms with Gasteiger partial charge in [-0.1, -0.05) is 20.3 Å². The Bertz CT molecular complexity index is 742. The van der Waals surface area contributed by atoms with E-state index in [1.165, 1.54) is 10.4 Å². The quantitative estimate of drug-likeness (QED) is 0.858. The molecule has 3 rings (SSSR count). The molecule has 1 aliphatic heterocycles. The van der Waals surface area contributed by atoms with Crippen molar-refractivity contribution in [1.29, 1.82) is 0 Å². The highest BCUT2D eigenvalue weighted by Crippen LogP contribution is 2.28. The van der Waals surface area contributed by atoms with Crippen molar-refractivity contribution in [2.45, 2.75) is 44.1 Å². The van der Waals surface area contributed by atoms with Crippen LogP contribution in [0.1, 0.15) is 44.9 Å². The predicted molar refractivity (Wildman–Crippen MR) is 78.7 cm³/mol. The molecule has 0 saturated carbocycles. The number of sulfonamides is 1. The normalized spacial score (nSPS) is 17.2. The molecule has 0 N–H and O–H groups in total. The van der Waals surface area contributed by atoms with Gasteiger partial charge in [0.2, 0.25) is 11.0 Å². The van der Waals surface area contributed by atoms with E-state index in [4.69, 9.17) is 8.83 Å². The van der Waals surface area contributed by atoms with Crippen LogP contribution >= 0.6 is 0 Å². The molecule has 120 valence electrons. The summed E-state index contributed by atoms with van der Waals surface area (Å²) in [4.78, 5) is 0. The lowest BCUT2D eigenvalue weighted by molar-refractivity contribution is 0.332. The molecule has 0 aromatic carbocycles. The summed E-state index contributed by atoms with van der Waals surface area (Å²) in [7, 11) is -3.58. The lowest BCUT2D eigenvalue weighted by Gasteiger charge is -2.24. The van der Waals surface area contributed by atoms with Gasteiger partial charge in [0.25, 0.3) is 15.9 Å². The maximum atomic E-state index is 12.5. The summed E-state index contributed by atoms with van der Waals surface area (Å²) in [6, 6.07) is 2.99. The monoisotopic (exact) mass is 325 g/mol. The highest BCUT2D eigenvalue weighted by atomic mass is 32.2. The lowest BCUT2D eigenvalue weighted by atomic mass is 10.2. The average molecular weight is 325 g/mol. The lowest BCUT2D eigenvalue weighted by Crippen LogP contribution is -2.35. The topological polar surface area (TPSA) is 89.4 Å². The van der Waals surface area contributed by atoms with Gasteiger partial charge in [-0.3, -0.25) is 0 Å². The number of nitrogens with zero attached hydrogens (tertiary/aromatic N) is 3.